The van der Waals surface area contributed by atoms with Gasteiger partial charge < -0.3 is 10.4 Å². The van der Waals surface area contributed by atoms with E-state index in [2.05, 4.69) is 31.1 Å². The van der Waals surface area contributed by atoms with Gasteiger partial charge in [0.1, 0.15) is 12.1 Å². The molecule has 2 aliphatic rings. The van der Waals surface area contributed by atoms with Gasteiger partial charge in [-0.3, -0.25) is 24.4 Å². The summed E-state index contributed by atoms with van der Waals surface area (Å²) < 4.78 is 0. The maximum absolute atomic E-state index is 14.2. The van der Waals surface area contributed by atoms with E-state index in [9.17, 15) is 20.0 Å². The smallest absolute Gasteiger partial charge is 0.251 e. The molecule has 1 aromatic heterocycles. The highest BCUT2D eigenvalue weighted by Crippen LogP contribution is 2.33. The molecule has 8 nitrogen and oxygen atoms in total. The molecule has 1 aliphatic carbocycles. The lowest BCUT2D eigenvalue weighted by Gasteiger charge is -2.35. The molecule has 2 amide bonds. The molecule has 4 rings (SSSR count). The second-order valence-corrected chi connectivity index (χ2v) is 11.2. The highest BCUT2D eigenvalue weighted by Gasteiger charge is 2.43. The van der Waals surface area contributed by atoms with E-state index in [0.717, 1.165) is 37.7 Å². The van der Waals surface area contributed by atoms with Crippen LogP contribution >= 0.6 is 0 Å². The number of hydrogen-bond acceptors (Lipinski definition) is 6. The van der Waals surface area contributed by atoms with Crippen LogP contribution in [0.1, 0.15) is 76.5 Å². The molecule has 0 spiro atoms. The van der Waals surface area contributed by atoms with Crippen molar-refractivity contribution < 1.29 is 14.7 Å². The summed E-state index contributed by atoms with van der Waals surface area (Å²) in [6, 6.07) is 9.45. The third-order valence-corrected chi connectivity index (χ3v) is 7.40. The molecule has 1 aliphatic heterocycles. The number of hydrogen-bond donors (Lipinski definition) is 2. The number of nitrogens with zero attached hydrogens (tertiary/aromatic N) is 4. The van der Waals surface area contributed by atoms with Crippen LogP contribution in [-0.4, -0.2) is 51.5 Å². The van der Waals surface area contributed by atoms with E-state index in [-0.39, 0.29) is 30.3 Å². The van der Waals surface area contributed by atoms with Crippen molar-refractivity contribution in [3.05, 3.63) is 59.9 Å². The molecule has 3 atom stereocenters. The van der Waals surface area contributed by atoms with Gasteiger partial charge in [0, 0.05) is 36.1 Å². The fraction of sp³-hybridized carbons (Fsp3) is 0.517. The molecule has 196 valence electrons. The number of amides is 2. The van der Waals surface area contributed by atoms with Crippen LogP contribution in [0.4, 0.5) is 5.69 Å². The largest absolute Gasteiger partial charge is 0.391 e. The van der Waals surface area contributed by atoms with Crippen molar-refractivity contribution in [3.8, 4) is 6.19 Å². The Bertz CT molecular complexity index is 1120. The minimum atomic E-state index is -0.970. The highest BCUT2D eigenvalue weighted by atomic mass is 16.3. The molecule has 0 radical (unpaired) electrons. The Morgan fingerprint density at radius 3 is 2.46 bits per heavy atom. The normalized spacial score (nSPS) is 21.2. The topological polar surface area (TPSA) is 110 Å². The maximum atomic E-state index is 14.2. The minimum absolute atomic E-state index is 0.0598. The Balaban J connectivity index is 1.78. The number of pyridine rings is 1. The number of β-amino-alcohol motifs (C(OH)–C–C–N with tert-alkyl or cyclic N) is 1. The van der Waals surface area contributed by atoms with E-state index in [1.54, 1.807) is 24.5 Å². The molecule has 8 heteroatoms. The van der Waals surface area contributed by atoms with Crippen LogP contribution in [0.25, 0.3) is 0 Å². The van der Waals surface area contributed by atoms with Crippen LogP contribution in [0.15, 0.2) is 48.8 Å². The highest BCUT2D eigenvalue weighted by molar-refractivity contribution is 6.04. The predicted molar refractivity (Wildman–Crippen MR) is 141 cm³/mol. The first-order valence-electron chi connectivity index (χ1n) is 13.2. The summed E-state index contributed by atoms with van der Waals surface area (Å²) in [6.45, 7) is 6.44. The van der Waals surface area contributed by atoms with Crippen molar-refractivity contribution in [3.63, 3.8) is 0 Å². The van der Waals surface area contributed by atoms with E-state index in [0.29, 0.717) is 11.3 Å². The van der Waals surface area contributed by atoms with Crippen molar-refractivity contribution in [2.45, 2.75) is 88.9 Å². The number of nitriles is 1. The molecule has 1 aromatic carbocycles. The number of rotatable bonds is 6. The van der Waals surface area contributed by atoms with Gasteiger partial charge in [0.15, 0.2) is 6.19 Å². The maximum Gasteiger partial charge on any atom is 0.251 e. The lowest BCUT2D eigenvalue weighted by Crippen LogP contribution is -2.51. The Morgan fingerprint density at radius 1 is 1.16 bits per heavy atom. The number of aliphatic hydroxyl groups is 1. The van der Waals surface area contributed by atoms with E-state index in [1.807, 2.05) is 30.5 Å². The summed E-state index contributed by atoms with van der Waals surface area (Å²) in [5, 5.41) is 23.1. The van der Waals surface area contributed by atoms with Gasteiger partial charge in [-0.05, 0) is 42.0 Å². The molecule has 1 saturated heterocycles. The van der Waals surface area contributed by atoms with Gasteiger partial charge in [-0.25, -0.2) is 0 Å². The third kappa shape index (κ3) is 6.11. The summed E-state index contributed by atoms with van der Waals surface area (Å²) in [5.74, 6) is -0.663. The Kier molecular flexibility index (Phi) is 8.13. The lowest BCUT2D eigenvalue weighted by atomic mass is 9.87. The van der Waals surface area contributed by atoms with Gasteiger partial charge in [0.25, 0.3) is 5.91 Å². The monoisotopic (exact) mass is 503 g/mol. The number of likely N-dealkylation sites (tertiary alicyclic amines) is 1. The molecular formula is C29H37N5O3. The number of anilines is 1. The zero-order chi connectivity index (χ0) is 26.6. The molecule has 2 heterocycles. The Hall–Kier alpha value is -3.44. The third-order valence-electron chi connectivity index (χ3n) is 7.40. The zero-order valence-electron chi connectivity index (χ0n) is 21.9. The molecular weight excluding hydrogens is 466 g/mol. The van der Waals surface area contributed by atoms with Gasteiger partial charge in [0.05, 0.1) is 12.6 Å². The van der Waals surface area contributed by atoms with Crippen LogP contribution in [0, 0.1) is 11.5 Å². The number of aromatic nitrogens is 1. The van der Waals surface area contributed by atoms with E-state index < -0.39 is 24.1 Å². The number of nitrogens with one attached hydrogen (secondary N) is 1. The van der Waals surface area contributed by atoms with Gasteiger partial charge in [0.2, 0.25) is 5.91 Å². The van der Waals surface area contributed by atoms with Crippen molar-refractivity contribution >= 4 is 17.5 Å². The Labute approximate surface area is 219 Å². The molecule has 1 unspecified atom stereocenters. The summed E-state index contributed by atoms with van der Waals surface area (Å²) in [7, 11) is 0. The van der Waals surface area contributed by atoms with Crippen LogP contribution in [-0.2, 0) is 15.0 Å². The first-order valence-corrected chi connectivity index (χ1v) is 13.2. The van der Waals surface area contributed by atoms with Crippen LogP contribution < -0.4 is 10.2 Å². The molecule has 37 heavy (non-hydrogen) atoms. The van der Waals surface area contributed by atoms with Crippen molar-refractivity contribution in [2.24, 2.45) is 0 Å². The number of carbonyl (C=O) groups is 2. The molecule has 1 saturated carbocycles. The number of benzene rings is 1. The number of carbonyl (C=O) groups excluding carboxylic acids is 2. The Morgan fingerprint density at radius 2 is 1.86 bits per heavy atom. The van der Waals surface area contributed by atoms with E-state index in [1.165, 1.54) is 9.80 Å². The first kappa shape index (κ1) is 26.6. The van der Waals surface area contributed by atoms with Gasteiger partial charge in [-0.2, -0.15) is 5.26 Å². The summed E-state index contributed by atoms with van der Waals surface area (Å²) >= 11 is 0. The van der Waals surface area contributed by atoms with Crippen LogP contribution in [0.3, 0.4) is 0 Å². The average Bonchev–Trinajstić information content (AvgIpc) is 3.28. The number of aliphatic hydroxyl groups excluding tert-OH is 1. The SMILES string of the molecule is CC(C)(C)c1ccc(N(C(=O)[C@H]2C[C@H](O)CN2C#N)C(C(=O)NC2CCCCC2)c2cccnc2)cc1. The van der Waals surface area contributed by atoms with Gasteiger partial charge in [-0.15, -0.1) is 0 Å². The van der Waals surface area contributed by atoms with Crippen molar-refractivity contribution in [1.29, 1.82) is 5.26 Å². The summed E-state index contributed by atoms with van der Waals surface area (Å²) in [6.07, 6.45) is 9.76. The van der Waals surface area contributed by atoms with Crippen molar-refractivity contribution in [2.75, 3.05) is 11.4 Å². The predicted octanol–water partition coefficient (Wildman–Crippen LogP) is 3.82. The molecule has 0 bridgehead atoms. The van der Waals surface area contributed by atoms with Crippen LogP contribution in [0.5, 0.6) is 0 Å². The zero-order valence-corrected chi connectivity index (χ0v) is 21.9. The first-order chi connectivity index (χ1) is 17.7. The fourth-order valence-corrected chi connectivity index (χ4v) is 5.33. The second-order valence-electron chi connectivity index (χ2n) is 11.2. The minimum Gasteiger partial charge on any atom is -0.391 e. The molecule has 2 fully saturated rings. The average molecular weight is 504 g/mol. The fourth-order valence-electron chi connectivity index (χ4n) is 5.33. The molecule has 2 N–H and O–H groups in total. The second kappa shape index (κ2) is 11.3. The summed E-state index contributed by atoms with van der Waals surface area (Å²) in [5.41, 5.74) is 2.17. The summed E-state index contributed by atoms with van der Waals surface area (Å²) in [4.78, 5) is 35.1. The van der Waals surface area contributed by atoms with E-state index in [4.69, 9.17) is 0 Å². The van der Waals surface area contributed by atoms with Crippen molar-refractivity contribution in [1.82, 2.24) is 15.2 Å². The van der Waals surface area contributed by atoms with E-state index >= 15 is 0 Å². The quantitative estimate of drug-likeness (QED) is 0.580. The lowest BCUT2D eigenvalue weighted by molar-refractivity contribution is -0.128. The standard InChI is InChI=1S/C29H37N5O3/c1-29(2,3)21-11-13-23(14-12-21)34(28(37)25-16-24(35)18-33(25)19-30)26(20-8-7-15-31-17-20)27(36)32-22-9-5-4-6-10-22/h7-8,11-15,17,22,24-26,35H,4-6,9-10,16,18H2,1-3H3,(H,32,36)/t24-,25+,26?/m0/s1. The molecule has 2 aromatic rings. The van der Waals surface area contributed by atoms with Gasteiger partial charge >= 0.3 is 0 Å². The van der Waals surface area contributed by atoms with Crippen LogP contribution in [0.2, 0.25) is 0 Å². The van der Waals surface area contributed by atoms with Gasteiger partial charge in [-0.1, -0.05) is 58.2 Å².